The number of carbonyl (C=O) groups is 1. The van der Waals surface area contributed by atoms with Crippen molar-refractivity contribution in [3.05, 3.63) is 11.4 Å². The average molecular weight is 282 g/mol. The molecular formula is C13H22N4O3. The second kappa shape index (κ2) is 6.32. The summed E-state index contributed by atoms with van der Waals surface area (Å²) in [6.07, 6.45) is 0.210. The van der Waals surface area contributed by atoms with Crippen LogP contribution in [0.3, 0.4) is 0 Å². The van der Waals surface area contributed by atoms with Gasteiger partial charge in [-0.1, -0.05) is 10.3 Å². The lowest BCUT2D eigenvalue weighted by Gasteiger charge is -2.19. The molecule has 0 unspecified atom stereocenters. The van der Waals surface area contributed by atoms with Crippen LogP contribution < -0.4 is 5.32 Å². The molecule has 112 valence electrons. The summed E-state index contributed by atoms with van der Waals surface area (Å²) in [7, 11) is 1.68. The Morgan fingerprint density at radius 3 is 2.80 bits per heavy atom. The lowest BCUT2D eigenvalue weighted by molar-refractivity contribution is -0.121. The third-order valence-corrected chi connectivity index (χ3v) is 3.75. The van der Waals surface area contributed by atoms with Crippen LogP contribution in [0.15, 0.2) is 4.63 Å². The molecule has 1 saturated heterocycles. The van der Waals surface area contributed by atoms with Gasteiger partial charge in [0.15, 0.2) is 0 Å². The number of hydrogen-bond donors (Lipinski definition) is 1. The molecule has 0 aliphatic carbocycles. The van der Waals surface area contributed by atoms with E-state index in [0.29, 0.717) is 17.4 Å². The maximum absolute atomic E-state index is 12.1. The molecule has 1 aliphatic rings. The summed E-state index contributed by atoms with van der Waals surface area (Å²) in [5.41, 5.74) is 1.23. The number of nitrogens with zero attached hydrogens (tertiary/aromatic N) is 3. The summed E-state index contributed by atoms with van der Waals surface area (Å²) in [5.74, 6) is -0.0820. The van der Waals surface area contributed by atoms with Crippen LogP contribution >= 0.6 is 0 Å². The Kier molecular flexibility index (Phi) is 4.72. The Balaban J connectivity index is 1.91. The highest BCUT2D eigenvalue weighted by molar-refractivity contribution is 5.78. The molecule has 1 fully saturated rings. The molecule has 2 rings (SSSR count). The fourth-order valence-electron chi connectivity index (χ4n) is 2.42. The standard InChI is InChI=1S/C13H22N4O3/c1-8(2)17-6-11(12(7-17)19-4)14-13(18)5-10-9(3)15-20-16-10/h8,11-12H,5-7H2,1-4H3,(H,14,18)/t11-,12-/m0/s1. The predicted octanol–water partition coefficient (Wildman–Crippen LogP) is 0.144. The molecule has 7 heteroatoms. The first-order chi connectivity index (χ1) is 9.51. The molecule has 1 amide bonds. The largest absolute Gasteiger partial charge is 0.378 e. The van der Waals surface area contributed by atoms with E-state index in [9.17, 15) is 4.79 Å². The van der Waals surface area contributed by atoms with Crippen LogP contribution in [0.1, 0.15) is 25.2 Å². The van der Waals surface area contributed by atoms with E-state index in [1.807, 2.05) is 0 Å². The van der Waals surface area contributed by atoms with Crippen molar-refractivity contribution >= 4 is 5.91 Å². The van der Waals surface area contributed by atoms with Gasteiger partial charge in [-0.25, -0.2) is 4.63 Å². The minimum Gasteiger partial charge on any atom is -0.378 e. The van der Waals surface area contributed by atoms with Gasteiger partial charge in [-0.15, -0.1) is 0 Å². The number of nitrogens with one attached hydrogen (secondary N) is 1. The molecule has 2 heterocycles. The average Bonchev–Trinajstić information content (AvgIpc) is 2.97. The van der Waals surface area contributed by atoms with E-state index >= 15 is 0 Å². The highest BCUT2D eigenvalue weighted by atomic mass is 16.6. The van der Waals surface area contributed by atoms with E-state index in [1.165, 1.54) is 0 Å². The molecule has 20 heavy (non-hydrogen) atoms. The Morgan fingerprint density at radius 2 is 2.25 bits per heavy atom. The molecule has 0 saturated carbocycles. The zero-order chi connectivity index (χ0) is 14.7. The van der Waals surface area contributed by atoms with Crippen LogP contribution in [-0.4, -0.2) is 59.5 Å². The lowest BCUT2D eigenvalue weighted by Crippen LogP contribution is -2.44. The zero-order valence-corrected chi connectivity index (χ0v) is 12.4. The van der Waals surface area contributed by atoms with E-state index in [1.54, 1.807) is 14.0 Å². The minimum atomic E-state index is -0.0820. The fourth-order valence-corrected chi connectivity index (χ4v) is 2.42. The first kappa shape index (κ1) is 14.9. The maximum Gasteiger partial charge on any atom is 0.226 e. The molecule has 1 aliphatic heterocycles. The SMILES string of the molecule is CO[C@H]1CN(C(C)C)C[C@@H]1NC(=O)Cc1nonc1C. The van der Waals surface area contributed by atoms with Gasteiger partial charge in [-0.3, -0.25) is 9.69 Å². The molecule has 2 atom stereocenters. The second-order valence-electron chi connectivity index (χ2n) is 5.47. The molecular weight excluding hydrogens is 260 g/mol. The van der Waals surface area contributed by atoms with Gasteiger partial charge < -0.3 is 10.1 Å². The third-order valence-electron chi connectivity index (χ3n) is 3.75. The summed E-state index contributed by atoms with van der Waals surface area (Å²) in [5, 5.41) is 10.4. The first-order valence-corrected chi connectivity index (χ1v) is 6.85. The van der Waals surface area contributed by atoms with Crippen LogP contribution in [0.25, 0.3) is 0 Å². The molecule has 1 aromatic rings. The van der Waals surface area contributed by atoms with Crippen molar-refractivity contribution in [2.45, 2.75) is 45.4 Å². The van der Waals surface area contributed by atoms with Crippen LogP contribution in [0.2, 0.25) is 0 Å². The predicted molar refractivity (Wildman–Crippen MR) is 72.2 cm³/mol. The monoisotopic (exact) mass is 282 g/mol. The number of ether oxygens (including phenoxy) is 1. The summed E-state index contributed by atoms with van der Waals surface area (Å²) < 4.78 is 10.1. The Morgan fingerprint density at radius 1 is 1.50 bits per heavy atom. The van der Waals surface area contributed by atoms with Crippen molar-refractivity contribution in [2.24, 2.45) is 0 Å². The van der Waals surface area contributed by atoms with E-state index in [0.717, 1.165) is 13.1 Å². The van der Waals surface area contributed by atoms with Crippen molar-refractivity contribution in [1.82, 2.24) is 20.5 Å². The van der Waals surface area contributed by atoms with E-state index in [-0.39, 0.29) is 24.5 Å². The molecule has 1 aromatic heterocycles. The highest BCUT2D eigenvalue weighted by Gasteiger charge is 2.35. The van der Waals surface area contributed by atoms with Crippen LogP contribution in [0, 0.1) is 6.92 Å². The van der Waals surface area contributed by atoms with Crippen LogP contribution in [0.5, 0.6) is 0 Å². The summed E-state index contributed by atoms with van der Waals surface area (Å²) >= 11 is 0. The fraction of sp³-hybridized carbons (Fsp3) is 0.769. The normalized spacial score (nSPS) is 23.4. The number of rotatable bonds is 5. The summed E-state index contributed by atoms with van der Waals surface area (Å²) in [4.78, 5) is 14.4. The van der Waals surface area contributed by atoms with Gasteiger partial charge >= 0.3 is 0 Å². The number of aromatic nitrogens is 2. The van der Waals surface area contributed by atoms with Gasteiger partial charge in [-0.2, -0.15) is 0 Å². The smallest absolute Gasteiger partial charge is 0.226 e. The topological polar surface area (TPSA) is 80.5 Å². The Bertz CT molecular complexity index is 460. The summed E-state index contributed by atoms with van der Waals surface area (Å²) in [6, 6.07) is 0.451. The van der Waals surface area contributed by atoms with E-state index in [4.69, 9.17) is 4.74 Å². The Labute approximate surface area is 118 Å². The van der Waals surface area contributed by atoms with Crippen molar-refractivity contribution in [1.29, 1.82) is 0 Å². The first-order valence-electron chi connectivity index (χ1n) is 6.85. The molecule has 1 N–H and O–H groups in total. The van der Waals surface area contributed by atoms with Gasteiger partial charge in [0, 0.05) is 26.2 Å². The molecule has 0 radical (unpaired) electrons. The summed E-state index contributed by atoms with van der Waals surface area (Å²) in [6.45, 7) is 7.69. The van der Waals surface area contributed by atoms with Crippen molar-refractivity contribution in [3.8, 4) is 0 Å². The highest BCUT2D eigenvalue weighted by Crippen LogP contribution is 2.16. The number of aryl methyl sites for hydroxylation is 1. The van der Waals surface area contributed by atoms with Crippen molar-refractivity contribution in [2.75, 3.05) is 20.2 Å². The number of methoxy groups -OCH3 is 1. The van der Waals surface area contributed by atoms with Gasteiger partial charge in [-0.05, 0) is 20.8 Å². The van der Waals surface area contributed by atoms with Crippen molar-refractivity contribution in [3.63, 3.8) is 0 Å². The molecule has 0 bridgehead atoms. The van der Waals surface area contributed by atoms with Gasteiger partial charge in [0.2, 0.25) is 5.91 Å². The molecule has 0 aromatic carbocycles. The molecule has 0 spiro atoms. The number of carbonyl (C=O) groups excluding carboxylic acids is 1. The number of likely N-dealkylation sites (tertiary alicyclic amines) is 1. The van der Waals surface area contributed by atoms with Gasteiger partial charge in [0.1, 0.15) is 11.4 Å². The lowest BCUT2D eigenvalue weighted by atomic mass is 10.2. The van der Waals surface area contributed by atoms with Crippen LogP contribution in [-0.2, 0) is 16.0 Å². The Hall–Kier alpha value is -1.47. The number of amides is 1. The second-order valence-corrected chi connectivity index (χ2v) is 5.47. The van der Waals surface area contributed by atoms with Crippen molar-refractivity contribution < 1.29 is 14.2 Å². The molecule has 7 nitrogen and oxygen atoms in total. The minimum absolute atomic E-state index is 0.00932. The van der Waals surface area contributed by atoms with E-state index < -0.39 is 0 Å². The number of hydrogen-bond acceptors (Lipinski definition) is 6. The maximum atomic E-state index is 12.1. The van der Waals surface area contributed by atoms with Crippen LogP contribution in [0.4, 0.5) is 0 Å². The third kappa shape index (κ3) is 3.34. The van der Waals surface area contributed by atoms with Gasteiger partial charge in [0.25, 0.3) is 0 Å². The quantitative estimate of drug-likeness (QED) is 0.827. The van der Waals surface area contributed by atoms with E-state index in [2.05, 4.69) is 39.0 Å². The zero-order valence-electron chi connectivity index (χ0n) is 12.4. The van der Waals surface area contributed by atoms with Gasteiger partial charge in [0.05, 0.1) is 18.6 Å².